The Labute approximate surface area is 189 Å². The molecule has 0 unspecified atom stereocenters. The van der Waals surface area contributed by atoms with Gasteiger partial charge >= 0.3 is 6.09 Å². The van der Waals surface area contributed by atoms with E-state index in [-0.39, 0.29) is 5.75 Å². The Morgan fingerprint density at radius 3 is 2.52 bits per heavy atom. The predicted molar refractivity (Wildman–Crippen MR) is 118 cm³/mol. The van der Waals surface area contributed by atoms with E-state index in [2.05, 4.69) is 43.8 Å². The molecule has 0 aliphatic heterocycles. The van der Waals surface area contributed by atoms with Crippen molar-refractivity contribution in [3.05, 3.63) is 68.2 Å². The summed E-state index contributed by atoms with van der Waals surface area (Å²) in [6, 6.07) is 11.7. The number of carbonyl (C=O) groups is 2. The van der Waals surface area contributed by atoms with Gasteiger partial charge in [0.1, 0.15) is 11.9 Å². The Morgan fingerprint density at radius 2 is 1.90 bits per heavy atom. The summed E-state index contributed by atoms with van der Waals surface area (Å²) in [5.74, 6) is -0.883. The van der Waals surface area contributed by atoms with Crippen molar-refractivity contribution in [2.24, 2.45) is 0 Å². The van der Waals surface area contributed by atoms with E-state index in [1.165, 1.54) is 24.7 Å². The topological polar surface area (TPSA) is 117 Å². The zero-order chi connectivity index (χ0) is 21.4. The lowest BCUT2D eigenvalue weighted by Gasteiger charge is -2.25. The molecule has 0 aromatic heterocycles. The number of methoxy groups -OCH3 is 1. The molecule has 29 heavy (non-hydrogen) atoms. The smallest absolute Gasteiger partial charge is 0.412 e. The first kappa shape index (κ1) is 23.1. The third kappa shape index (κ3) is 6.99. The van der Waals surface area contributed by atoms with Gasteiger partial charge in [-0.3, -0.25) is 15.3 Å². The van der Waals surface area contributed by atoms with Crippen molar-refractivity contribution in [1.29, 1.82) is 0 Å². The van der Waals surface area contributed by atoms with Crippen molar-refractivity contribution in [2.75, 3.05) is 12.4 Å². The largest absolute Gasteiger partial charge is 0.508 e. The number of phenolic OH excluding ortho intramolecular Hbond substituents is 1. The van der Waals surface area contributed by atoms with Crippen molar-refractivity contribution in [3.63, 3.8) is 0 Å². The monoisotopic (exact) mass is 576 g/mol. The molecule has 2 aromatic carbocycles. The molecule has 0 aliphatic rings. The average molecular weight is 577 g/mol. The highest BCUT2D eigenvalue weighted by Gasteiger charge is 2.28. The van der Waals surface area contributed by atoms with Gasteiger partial charge in [0.25, 0.3) is 5.91 Å². The number of hydrogen-bond acceptors (Lipinski definition) is 6. The van der Waals surface area contributed by atoms with Crippen LogP contribution in [-0.2, 0) is 14.3 Å². The fourth-order valence-corrected chi connectivity index (χ4v) is 3.16. The van der Waals surface area contributed by atoms with Crippen LogP contribution < -0.4 is 10.8 Å². The molecule has 2 atom stereocenters. The van der Waals surface area contributed by atoms with Gasteiger partial charge in [-0.05, 0) is 71.1 Å². The zero-order valence-corrected chi connectivity index (χ0v) is 18.9. The molecule has 8 nitrogen and oxygen atoms in total. The number of rotatable bonds is 7. The van der Waals surface area contributed by atoms with Crippen molar-refractivity contribution >= 4 is 56.2 Å². The summed E-state index contributed by atoms with van der Waals surface area (Å²) in [5, 5.41) is 21.5. The van der Waals surface area contributed by atoms with E-state index in [0.717, 1.165) is 14.1 Å². The number of carbonyl (C=O) groups excluding carboxylic acids is 2. The average Bonchev–Trinajstić information content (AvgIpc) is 2.70. The van der Waals surface area contributed by atoms with Gasteiger partial charge in [-0.25, -0.2) is 10.3 Å². The molecule has 2 rings (SSSR count). The second-order valence-corrected chi connectivity index (χ2v) is 7.86. The van der Waals surface area contributed by atoms with E-state index in [4.69, 9.17) is 14.7 Å². The highest BCUT2D eigenvalue weighted by atomic mass is 127. The second-order valence-electron chi connectivity index (χ2n) is 5.70. The number of halogens is 2. The Bertz CT molecular complexity index is 891. The van der Waals surface area contributed by atoms with E-state index >= 15 is 0 Å². The van der Waals surface area contributed by atoms with Crippen LogP contribution in [0.1, 0.15) is 11.7 Å². The fourth-order valence-electron chi connectivity index (χ4n) is 2.38. The molecule has 0 heterocycles. The highest BCUT2D eigenvalue weighted by Crippen LogP contribution is 2.33. The summed E-state index contributed by atoms with van der Waals surface area (Å²) in [5.41, 5.74) is 2.27. The van der Waals surface area contributed by atoms with E-state index in [0.29, 0.717) is 11.3 Å². The van der Waals surface area contributed by atoms with Crippen molar-refractivity contribution < 1.29 is 29.4 Å². The molecule has 0 aliphatic carbocycles. The van der Waals surface area contributed by atoms with Crippen LogP contribution in [-0.4, -0.2) is 35.5 Å². The maximum atomic E-state index is 12.5. The summed E-state index contributed by atoms with van der Waals surface area (Å²) in [6.07, 6.45) is -0.442. The SMILES string of the molecule is CO[C@@H](/C=C/C(=O)NO)[C@@H](OC(=O)Nc1ccc(Br)cc1)c1cc(I)ccc1O. The number of hydroxylamine groups is 1. The summed E-state index contributed by atoms with van der Waals surface area (Å²) in [7, 11) is 1.36. The highest BCUT2D eigenvalue weighted by molar-refractivity contribution is 14.1. The van der Waals surface area contributed by atoms with Crippen molar-refractivity contribution in [1.82, 2.24) is 5.48 Å². The molecule has 0 spiro atoms. The van der Waals surface area contributed by atoms with E-state index in [1.807, 2.05) is 0 Å². The molecule has 4 N–H and O–H groups in total. The van der Waals surface area contributed by atoms with Gasteiger partial charge in [-0.15, -0.1) is 0 Å². The van der Waals surface area contributed by atoms with Crippen LogP contribution in [0.3, 0.4) is 0 Å². The first-order valence-corrected chi connectivity index (χ1v) is 10.1. The first-order valence-electron chi connectivity index (χ1n) is 8.20. The lowest BCUT2D eigenvalue weighted by atomic mass is 10.0. The van der Waals surface area contributed by atoms with Gasteiger partial charge in [0.2, 0.25) is 0 Å². The van der Waals surface area contributed by atoms with Gasteiger partial charge in [0.05, 0.1) is 0 Å². The van der Waals surface area contributed by atoms with Crippen LogP contribution in [0.15, 0.2) is 59.1 Å². The molecular formula is C19H18BrIN2O6. The van der Waals surface area contributed by atoms with E-state index < -0.39 is 24.2 Å². The third-order valence-electron chi connectivity index (χ3n) is 3.74. The molecule has 2 aromatic rings. The Hall–Kier alpha value is -2.15. The lowest BCUT2D eigenvalue weighted by molar-refractivity contribution is -0.124. The molecule has 0 fully saturated rings. The van der Waals surface area contributed by atoms with Crippen molar-refractivity contribution in [3.8, 4) is 5.75 Å². The summed E-state index contributed by atoms with van der Waals surface area (Å²) in [6.45, 7) is 0. The van der Waals surface area contributed by atoms with Gasteiger partial charge in [0.15, 0.2) is 6.10 Å². The van der Waals surface area contributed by atoms with Crippen LogP contribution in [0.4, 0.5) is 10.5 Å². The lowest BCUT2D eigenvalue weighted by Crippen LogP contribution is -2.27. The Morgan fingerprint density at radius 1 is 1.21 bits per heavy atom. The Kier molecular flexibility index (Phi) is 8.89. The molecule has 0 bridgehead atoms. The molecular weight excluding hydrogens is 559 g/mol. The van der Waals surface area contributed by atoms with Crippen LogP contribution in [0.5, 0.6) is 5.75 Å². The van der Waals surface area contributed by atoms with Gasteiger partial charge < -0.3 is 14.6 Å². The minimum atomic E-state index is -1.08. The minimum absolute atomic E-state index is 0.103. The number of benzene rings is 2. The number of hydrogen-bond donors (Lipinski definition) is 4. The van der Waals surface area contributed by atoms with Gasteiger partial charge in [-0.2, -0.15) is 0 Å². The van der Waals surface area contributed by atoms with Crippen molar-refractivity contribution in [2.45, 2.75) is 12.2 Å². The standard InChI is InChI=1S/C19H18BrIN2O6/c1-28-16(8-9-17(25)23-27)18(14-10-12(21)4-7-15(14)24)29-19(26)22-13-5-2-11(20)3-6-13/h2-10,16,18,24,27H,1H3,(H,22,26)(H,23,25)/b9-8+/t16-,18-/m0/s1. The minimum Gasteiger partial charge on any atom is -0.508 e. The number of anilines is 1. The quantitative estimate of drug-likeness (QED) is 0.170. The fraction of sp³-hybridized carbons (Fsp3) is 0.158. The molecule has 2 amide bonds. The molecule has 0 saturated heterocycles. The molecule has 154 valence electrons. The first-order chi connectivity index (χ1) is 13.8. The maximum absolute atomic E-state index is 12.5. The number of aromatic hydroxyl groups is 1. The number of ether oxygens (including phenoxy) is 2. The summed E-state index contributed by atoms with van der Waals surface area (Å²) < 4.78 is 12.5. The van der Waals surface area contributed by atoms with Crippen LogP contribution in [0.25, 0.3) is 0 Å². The maximum Gasteiger partial charge on any atom is 0.412 e. The molecule has 0 radical (unpaired) electrons. The number of amides is 2. The molecule has 10 heteroatoms. The second kappa shape index (κ2) is 11.1. The Balaban J connectivity index is 2.31. The van der Waals surface area contributed by atoms with Gasteiger partial charge in [0, 0.05) is 32.5 Å². The van der Waals surface area contributed by atoms with Crippen LogP contribution in [0.2, 0.25) is 0 Å². The van der Waals surface area contributed by atoms with E-state index in [1.54, 1.807) is 36.4 Å². The third-order valence-corrected chi connectivity index (χ3v) is 4.94. The zero-order valence-electron chi connectivity index (χ0n) is 15.1. The summed E-state index contributed by atoms with van der Waals surface area (Å²) in [4.78, 5) is 23.8. The number of phenols is 1. The van der Waals surface area contributed by atoms with Gasteiger partial charge in [-0.1, -0.05) is 15.9 Å². The molecule has 0 saturated carbocycles. The predicted octanol–water partition coefficient (Wildman–Crippen LogP) is 4.13. The normalized spacial score (nSPS) is 13.0. The van der Waals surface area contributed by atoms with Crippen LogP contribution in [0, 0.1) is 3.57 Å². The van der Waals surface area contributed by atoms with Crippen LogP contribution >= 0.6 is 38.5 Å². The number of nitrogens with one attached hydrogen (secondary N) is 2. The van der Waals surface area contributed by atoms with E-state index in [9.17, 15) is 14.7 Å². The summed E-state index contributed by atoms with van der Waals surface area (Å²) >= 11 is 5.37.